The van der Waals surface area contributed by atoms with Crippen LogP contribution in [0.15, 0.2) is 30.3 Å². The normalized spacial score (nSPS) is 9.10. The molecule has 0 saturated carbocycles. The fraction of sp³-hybridized carbons (Fsp3) is 0.250. The van der Waals surface area contributed by atoms with Crippen LogP contribution in [0, 0.1) is 0 Å². The Morgan fingerprint density at radius 2 is 1.50 bits per heavy atom. The number of rotatable bonds is 1. The molecule has 0 N–H and O–H groups in total. The van der Waals surface area contributed by atoms with Crippen molar-refractivity contribution >= 4 is 14.0 Å². The van der Waals surface area contributed by atoms with Gasteiger partial charge in [-0.3, -0.25) is 4.70 Å². The maximum absolute atomic E-state index is 2.31. The molecular weight excluding hydrogens is 143 g/mol. The molecule has 10 heavy (non-hydrogen) atoms. The zero-order valence-corrected chi connectivity index (χ0v) is 7.29. The van der Waals surface area contributed by atoms with E-state index in [2.05, 4.69) is 43.4 Å². The SMILES string of the molecule is C[Si](C)c1ccccc1.F. The Bertz CT molecular complexity index is 172. The molecule has 0 spiro atoms. The second kappa shape index (κ2) is 4.23. The lowest BCUT2D eigenvalue weighted by Gasteiger charge is -1.99. The zero-order valence-electron chi connectivity index (χ0n) is 6.29. The predicted molar refractivity (Wildman–Crippen MR) is 46.1 cm³/mol. The predicted octanol–water partition coefficient (Wildman–Crippen LogP) is 1.80. The van der Waals surface area contributed by atoms with Crippen molar-refractivity contribution in [3.63, 3.8) is 0 Å². The highest BCUT2D eigenvalue weighted by Crippen LogP contribution is 1.85. The summed E-state index contributed by atoms with van der Waals surface area (Å²) in [6.07, 6.45) is 0. The molecule has 0 bridgehead atoms. The lowest BCUT2D eigenvalue weighted by Crippen LogP contribution is -2.21. The van der Waals surface area contributed by atoms with Gasteiger partial charge in [-0.25, -0.2) is 0 Å². The van der Waals surface area contributed by atoms with Gasteiger partial charge < -0.3 is 0 Å². The van der Waals surface area contributed by atoms with Crippen LogP contribution < -0.4 is 5.19 Å². The first-order valence-corrected chi connectivity index (χ1v) is 5.66. The third kappa shape index (κ3) is 2.31. The monoisotopic (exact) mass is 155 g/mol. The third-order valence-corrected chi connectivity index (χ3v) is 2.84. The second-order valence-electron chi connectivity index (χ2n) is 2.37. The largest absolute Gasteiger partial charge is 0.269 e. The van der Waals surface area contributed by atoms with E-state index >= 15 is 0 Å². The van der Waals surface area contributed by atoms with Gasteiger partial charge in [-0.1, -0.05) is 48.6 Å². The fourth-order valence-electron chi connectivity index (χ4n) is 0.771. The van der Waals surface area contributed by atoms with Crippen LogP contribution in [0.1, 0.15) is 0 Å². The molecule has 1 radical (unpaired) electrons. The van der Waals surface area contributed by atoms with Crippen molar-refractivity contribution in [3.05, 3.63) is 30.3 Å². The summed E-state index contributed by atoms with van der Waals surface area (Å²) < 4.78 is 0. The lowest BCUT2D eigenvalue weighted by molar-refractivity contribution is 1.11. The molecule has 0 aromatic heterocycles. The van der Waals surface area contributed by atoms with Crippen molar-refractivity contribution in [2.24, 2.45) is 0 Å². The summed E-state index contributed by atoms with van der Waals surface area (Å²) in [5.74, 6) is 0. The Morgan fingerprint density at radius 1 is 1.00 bits per heavy atom. The van der Waals surface area contributed by atoms with Gasteiger partial charge in [-0.05, 0) is 0 Å². The smallest absolute Gasteiger partial charge is 0.0791 e. The Hall–Kier alpha value is -0.633. The van der Waals surface area contributed by atoms with Crippen molar-refractivity contribution < 1.29 is 4.70 Å². The van der Waals surface area contributed by atoms with Gasteiger partial charge in [0.2, 0.25) is 0 Å². The molecule has 0 fully saturated rings. The van der Waals surface area contributed by atoms with Crippen LogP contribution in [0.5, 0.6) is 0 Å². The van der Waals surface area contributed by atoms with Gasteiger partial charge in [0, 0.05) is 0 Å². The first-order valence-electron chi connectivity index (χ1n) is 3.16. The summed E-state index contributed by atoms with van der Waals surface area (Å²) >= 11 is 0. The van der Waals surface area contributed by atoms with Gasteiger partial charge in [-0.2, -0.15) is 0 Å². The summed E-state index contributed by atoms with van der Waals surface area (Å²) in [7, 11) is -0.212. The summed E-state index contributed by atoms with van der Waals surface area (Å²) in [6.45, 7) is 4.61. The highest BCUT2D eigenvalue weighted by Gasteiger charge is 1.95. The molecule has 0 nitrogen and oxygen atoms in total. The minimum absolute atomic E-state index is 0. The van der Waals surface area contributed by atoms with Crippen LogP contribution in [-0.4, -0.2) is 8.80 Å². The minimum Gasteiger partial charge on any atom is -0.269 e. The molecule has 55 valence electrons. The first-order chi connectivity index (χ1) is 4.30. The van der Waals surface area contributed by atoms with Crippen LogP contribution >= 0.6 is 0 Å². The first kappa shape index (κ1) is 9.37. The molecule has 1 aromatic rings. The van der Waals surface area contributed by atoms with Gasteiger partial charge in [0.05, 0.1) is 8.80 Å². The number of benzene rings is 1. The molecule has 2 heteroatoms. The number of hydrogen-bond donors (Lipinski definition) is 0. The van der Waals surface area contributed by atoms with Crippen LogP contribution in [0.25, 0.3) is 0 Å². The van der Waals surface area contributed by atoms with Gasteiger partial charge in [0.1, 0.15) is 0 Å². The molecule has 0 atom stereocenters. The van der Waals surface area contributed by atoms with Crippen molar-refractivity contribution in [1.82, 2.24) is 0 Å². The molecule has 0 aliphatic carbocycles. The van der Waals surface area contributed by atoms with Crippen molar-refractivity contribution in [3.8, 4) is 0 Å². The molecule has 0 aliphatic rings. The van der Waals surface area contributed by atoms with Crippen molar-refractivity contribution in [1.29, 1.82) is 0 Å². The molecule has 0 unspecified atom stereocenters. The molecule has 1 aromatic carbocycles. The Balaban J connectivity index is 0.000000810. The average Bonchev–Trinajstić information content (AvgIpc) is 1.90. The summed E-state index contributed by atoms with van der Waals surface area (Å²) in [4.78, 5) is 0. The molecular formula is C8H12FSi. The molecule has 0 heterocycles. The lowest BCUT2D eigenvalue weighted by atomic mass is 10.4. The zero-order chi connectivity index (χ0) is 6.69. The Labute approximate surface area is 62.9 Å². The maximum atomic E-state index is 2.31. The third-order valence-electron chi connectivity index (χ3n) is 1.35. The molecule has 0 amide bonds. The highest BCUT2D eigenvalue weighted by molar-refractivity contribution is 6.70. The number of halogens is 1. The Kier molecular flexibility index (Phi) is 3.96. The maximum Gasteiger partial charge on any atom is 0.0791 e. The van der Waals surface area contributed by atoms with Gasteiger partial charge in [0.15, 0.2) is 0 Å². The number of hydrogen-bond acceptors (Lipinski definition) is 0. The van der Waals surface area contributed by atoms with Crippen molar-refractivity contribution in [2.75, 3.05) is 0 Å². The minimum atomic E-state index is -0.212. The van der Waals surface area contributed by atoms with Crippen LogP contribution in [0.2, 0.25) is 13.1 Å². The van der Waals surface area contributed by atoms with Crippen LogP contribution in [0.4, 0.5) is 4.70 Å². The molecule has 0 saturated heterocycles. The van der Waals surface area contributed by atoms with E-state index in [1.54, 1.807) is 0 Å². The van der Waals surface area contributed by atoms with E-state index in [0.717, 1.165) is 0 Å². The van der Waals surface area contributed by atoms with E-state index in [0.29, 0.717) is 0 Å². The van der Waals surface area contributed by atoms with Gasteiger partial charge in [0.25, 0.3) is 0 Å². The standard InChI is InChI=1S/C8H11Si.FH/c1-9(2)8-6-4-3-5-7-8;/h3-7H,1-2H3;1H. The van der Waals surface area contributed by atoms with Gasteiger partial charge in [-0.15, -0.1) is 0 Å². The van der Waals surface area contributed by atoms with Crippen LogP contribution in [0.3, 0.4) is 0 Å². The van der Waals surface area contributed by atoms with Gasteiger partial charge >= 0.3 is 0 Å². The van der Waals surface area contributed by atoms with E-state index < -0.39 is 0 Å². The molecule has 1 rings (SSSR count). The molecule has 0 aliphatic heterocycles. The Morgan fingerprint density at radius 3 is 1.80 bits per heavy atom. The van der Waals surface area contributed by atoms with E-state index in [1.807, 2.05) is 0 Å². The second-order valence-corrected chi connectivity index (χ2v) is 4.94. The van der Waals surface area contributed by atoms with E-state index in [9.17, 15) is 0 Å². The highest BCUT2D eigenvalue weighted by atomic mass is 28.3. The summed E-state index contributed by atoms with van der Waals surface area (Å²) in [6, 6.07) is 10.7. The topological polar surface area (TPSA) is 0 Å². The summed E-state index contributed by atoms with van der Waals surface area (Å²) in [5, 5.41) is 1.52. The average molecular weight is 155 g/mol. The quantitative estimate of drug-likeness (QED) is 0.542. The van der Waals surface area contributed by atoms with E-state index in [4.69, 9.17) is 0 Å². The van der Waals surface area contributed by atoms with Crippen LogP contribution in [-0.2, 0) is 0 Å². The summed E-state index contributed by atoms with van der Waals surface area (Å²) in [5.41, 5.74) is 0. The van der Waals surface area contributed by atoms with E-state index in [1.165, 1.54) is 5.19 Å². The van der Waals surface area contributed by atoms with Crippen molar-refractivity contribution in [2.45, 2.75) is 13.1 Å². The van der Waals surface area contributed by atoms with E-state index in [-0.39, 0.29) is 13.5 Å². The fourth-order valence-corrected chi connectivity index (χ4v) is 1.63.